The van der Waals surface area contributed by atoms with Crippen molar-refractivity contribution in [3.8, 4) is 16.9 Å². The highest BCUT2D eigenvalue weighted by Gasteiger charge is 2.08. The lowest BCUT2D eigenvalue weighted by atomic mass is 10.1. The molecule has 0 atom stereocenters. The molecule has 0 saturated heterocycles. The number of rotatable bonds is 4. The highest BCUT2D eigenvalue weighted by atomic mass is 35.5. The van der Waals surface area contributed by atoms with Crippen LogP contribution in [0.4, 0.5) is 4.79 Å². The maximum absolute atomic E-state index is 10.6. The topological polar surface area (TPSA) is 98.2 Å². The standard InChI is InChI=1S/C16H13ClN6O/c17-13-5-3-12(4-6-13)15-10-20-22-23(15)14-7-1-11(2-8-14)9-19-21-16(18)24/h1-10H,(H3,18,21,24)/b19-9+. The molecule has 0 saturated carbocycles. The van der Waals surface area contributed by atoms with Crippen molar-refractivity contribution in [3.63, 3.8) is 0 Å². The van der Waals surface area contributed by atoms with Crippen LogP contribution in [0.5, 0.6) is 0 Å². The molecule has 7 nitrogen and oxygen atoms in total. The number of hydrazone groups is 1. The minimum atomic E-state index is -0.710. The van der Waals surface area contributed by atoms with E-state index in [1.807, 2.05) is 48.5 Å². The van der Waals surface area contributed by atoms with Crippen molar-refractivity contribution in [2.24, 2.45) is 10.8 Å². The summed E-state index contributed by atoms with van der Waals surface area (Å²) in [6.07, 6.45) is 3.19. The van der Waals surface area contributed by atoms with Crippen LogP contribution in [-0.4, -0.2) is 27.2 Å². The first-order valence-corrected chi connectivity index (χ1v) is 7.37. The molecule has 0 radical (unpaired) electrons. The van der Waals surface area contributed by atoms with Gasteiger partial charge in [0.25, 0.3) is 0 Å². The second-order valence-corrected chi connectivity index (χ2v) is 5.30. The second-order valence-electron chi connectivity index (χ2n) is 4.86. The molecule has 8 heteroatoms. The van der Waals surface area contributed by atoms with E-state index in [1.165, 1.54) is 6.21 Å². The van der Waals surface area contributed by atoms with Crippen molar-refractivity contribution >= 4 is 23.8 Å². The van der Waals surface area contributed by atoms with E-state index in [4.69, 9.17) is 17.3 Å². The largest absolute Gasteiger partial charge is 0.350 e. The summed E-state index contributed by atoms with van der Waals surface area (Å²) in [5, 5.41) is 12.5. The first-order chi connectivity index (χ1) is 11.6. The van der Waals surface area contributed by atoms with Gasteiger partial charge in [0.2, 0.25) is 0 Å². The second kappa shape index (κ2) is 6.93. The van der Waals surface area contributed by atoms with Gasteiger partial charge in [0.15, 0.2) is 0 Å². The Labute approximate surface area is 142 Å². The number of nitrogens with one attached hydrogen (secondary N) is 1. The molecule has 24 heavy (non-hydrogen) atoms. The molecular weight excluding hydrogens is 328 g/mol. The van der Waals surface area contributed by atoms with Crippen molar-refractivity contribution < 1.29 is 4.79 Å². The molecule has 0 aliphatic rings. The summed E-state index contributed by atoms with van der Waals surface area (Å²) in [5.74, 6) is 0. The fourth-order valence-corrected chi connectivity index (χ4v) is 2.24. The summed E-state index contributed by atoms with van der Waals surface area (Å²) in [6, 6.07) is 14.2. The molecule has 0 aliphatic heterocycles. The van der Waals surface area contributed by atoms with Crippen LogP contribution >= 0.6 is 11.6 Å². The number of urea groups is 1. The van der Waals surface area contributed by atoms with Crippen LogP contribution in [0.25, 0.3) is 16.9 Å². The van der Waals surface area contributed by atoms with E-state index in [0.717, 1.165) is 22.5 Å². The summed E-state index contributed by atoms with van der Waals surface area (Å²) < 4.78 is 1.73. The molecule has 2 amide bonds. The SMILES string of the molecule is NC(=O)N/N=C/c1ccc(-n2nncc2-c2ccc(Cl)cc2)cc1. The highest BCUT2D eigenvalue weighted by Crippen LogP contribution is 2.23. The average molecular weight is 341 g/mol. The quantitative estimate of drug-likeness (QED) is 0.564. The normalized spacial score (nSPS) is 10.9. The molecule has 3 aromatic rings. The van der Waals surface area contributed by atoms with Crippen LogP contribution in [0, 0.1) is 0 Å². The van der Waals surface area contributed by atoms with E-state index in [2.05, 4.69) is 20.8 Å². The number of primary amides is 1. The zero-order chi connectivity index (χ0) is 16.9. The molecule has 1 aromatic heterocycles. The molecule has 0 spiro atoms. The molecule has 2 aromatic carbocycles. The lowest BCUT2D eigenvalue weighted by Crippen LogP contribution is -2.24. The molecule has 0 unspecified atom stereocenters. The molecule has 3 N–H and O–H groups in total. The summed E-state index contributed by atoms with van der Waals surface area (Å²) in [5.41, 5.74) is 10.5. The number of benzene rings is 2. The smallest absolute Gasteiger partial charge is 0.332 e. The van der Waals surface area contributed by atoms with Crippen molar-refractivity contribution in [1.82, 2.24) is 20.4 Å². The van der Waals surface area contributed by atoms with E-state index < -0.39 is 6.03 Å². The van der Waals surface area contributed by atoms with E-state index >= 15 is 0 Å². The van der Waals surface area contributed by atoms with E-state index in [1.54, 1.807) is 10.9 Å². The number of amides is 2. The van der Waals surface area contributed by atoms with E-state index in [0.29, 0.717) is 5.02 Å². The van der Waals surface area contributed by atoms with Gasteiger partial charge in [-0.3, -0.25) is 0 Å². The van der Waals surface area contributed by atoms with Gasteiger partial charge in [-0.05, 0) is 29.8 Å². The Balaban J connectivity index is 1.85. The maximum Gasteiger partial charge on any atom is 0.332 e. The van der Waals surface area contributed by atoms with Gasteiger partial charge in [0.05, 0.1) is 23.8 Å². The van der Waals surface area contributed by atoms with Gasteiger partial charge in [-0.15, -0.1) is 5.10 Å². The summed E-state index contributed by atoms with van der Waals surface area (Å²) >= 11 is 5.92. The van der Waals surface area contributed by atoms with Gasteiger partial charge in [-0.1, -0.05) is 41.1 Å². The molecule has 0 bridgehead atoms. The molecule has 3 rings (SSSR count). The third-order valence-corrected chi connectivity index (χ3v) is 3.47. The van der Waals surface area contributed by atoms with Crippen LogP contribution in [-0.2, 0) is 0 Å². The van der Waals surface area contributed by atoms with Crippen molar-refractivity contribution in [2.45, 2.75) is 0 Å². The fraction of sp³-hybridized carbons (Fsp3) is 0. The summed E-state index contributed by atoms with van der Waals surface area (Å²) in [7, 11) is 0. The molecule has 1 heterocycles. The molecule has 0 aliphatic carbocycles. The zero-order valence-corrected chi connectivity index (χ0v) is 13.2. The Morgan fingerprint density at radius 3 is 2.54 bits per heavy atom. The Hall–Kier alpha value is -3.19. The third kappa shape index (κ3) is 3.58. The van der Waals surface area contributed by atoms with E-state index in [9.17, 15) is 4.79 Å². The van der Waals surface area contributed by atoms with Crippen molar-refractivity contribution in [1.29, 1.82) is 0 Å². The Kier molecular flexibility index (Phi) is 4.53. The first-order valence-electron chi connectivity index (χ1n) is 6.99. The van der Waals surface area contributed by atoms with Crippen LogP contribution in [0.2, 0.25) is 5.02 Å². The van der Waals surface area contributed by atoms with Gasteiger partial charge >= 0.3 is 6.03 Å². The average Bonchev–Trinajstić information content (AvgIpc) is 3.05. The minimum absolute atomic E-state index is 0.672. The molecular formula is C16H13ClN6O. The first kappa shape index (κ1) is 15.7. The number of halogens is 1. The number of hydrogen-bond donors (Lipinski definition) is 2. The number of nitrogens with two attached hydrogens (primary N) is 1. The maximum atomic E-state index is 10.6. The summed E-state index contributed by atoms with van der Waals surface area (Å²) in [4.78, 5) is 10.6. The van der Waals surface area contributed by atoms with Crippen LogP contribution in [0.15, 0.2) is 59.8 Å². The monoisotopic (exact) mass is 340 g/mol. The van der Waals surface area contributed by atoms with Gasteiger partial charge in [-0.2, -0.15) is 5.10 Å². The Morgan fingerprint density at radius 2 is 1.88 bits per heavy atom. The van der Waals surface area contributed by atoms with Gasteiger partial charge in [0.1, 0.15) is 0 Å². The zero-order valence-electron chi connectivity index (χ0n) is 12.4. The van der Waals surface area contributed by atoms with Gasteiger partial charge in [-0.25, -0.2) is 14.9 Å². The molecule has 120 valence electrons. The van der Waals surface area contributed by atoms with Crippen molar-refractivity contribution in [2.75, 3.05) is 0 Å². The van der Waals surface area contributed by atoms with Gasteiger partial charge < -0.3 is 5.73 Å². The minimum Gasteiger partial charge on any atom is -0.350 e. The number of carbonyl (C=O) groups is 1. The lowest BCUT2D eigenvalue weighted by molar-refractivity contribution is 0.249. The highest BCUT2D eigenvalue weighted by molar-refractivity contribution is 6.30. The lowest BCUT2D eigenvalue weighted by Gasteiger charge is -2.06. The van der Waals surface area contributed by atoms with Gasteiger partial charge in [0, 0.05) is 10.6 Å². The predicted molar refractivity (Wildman–Crippen MR) is 92.1 cm³/mol. The fourth-order valence-electron chi connectivity index (χ4n) is 2.12. The number of aromatic nitrogens is 3. The summed E-state index contributed by atoms with van der Waals surface area (Å²) in [6.45, 7) is 0. The molecule has 0 fully saturated rings. The van der Waals surface area contributed by atoms with Crippen molar-refractivity contribution in [3.05, 3.63) is 65.3 Å². The third-order valence-electron chi connectivity index (χ3n) is 3.22. The Bertz CT molecular complexity index is 870. The van der Waals surface area contributed by atoms with Crippen LogP contribution in [0.3, 0.4) is 0 Å². The number of carbonyl (C=O) groups excluding carboxylic acids is 1. The van der Waals surface area contributed by atoms with Crippen LogP contribution in [0.1, 0.15) is 5.56 Å². The predicted octanol–water partition coefficient (Wildman–Crippen LogP) is 2.59. The number of hydrogen-bond acceptors (Lipinski definition) is 4. The number of nitrogens with zero attached hydrogens (tertiary/aromatic N) is 4. The van der Waals surface area contributed by atoms with E-state index in [-0.39, 0.29) is 0 Å². The Morgan fingerprint density at radius 1 is 1.17 bits per heavy atom. The van der Waals surface area contributed by atoms with Crippen LogP contribution < -0.4 is 11.2 Å².